The van der Waals surface area contributed by atoms with E-state index in [9.17, 15) is 14.7 Å². The molecule has 0 saturated carbocycles. The molecule has 0 aromatic heterocycles. The van der Waals surface area contributed by atoms with Crippen LogP contribution in [0.1, 0.15) is 12.0 Å². The number of nitrogens with zero attached hydrogens (tertiary/aromatic N) is 1. The molecule has 2 aromatic rings. The summed E-state index contributed by atoms with van der Waals surface area (Å²) in [5, 5.41) is 12.4. The van der Waals surface area contributed by atoms with Gasteiger partial charge < -0.3 is 15.3 Å². The number of halogens is 2. The van der Waals surface area contributed by atoms with Gasteiger partial charge in [-0.3, -0.25) is 9.59 Å². The number of anilines is 2. The molecule has 2 N–H and O–H groups in total. The third-order valence-corrected chi connectivity index (χ3v) is 4.70. The number of phenols is 1. The summed E-state index contributed by atoms with van der Waals surface area (Å²) in [5.74, 6) is -1.09. The Balaban J connectivity index is 1.71. The maximum absolute atomic E-state index is 12.5. The Hall–Kier alpha value is -2.24. The Kier molecular flexibility index (Phi) is 4.88. The number of aromatic hydroxyl groups is 1. The smallest absolute Gasteiger partial charge is 0.229 e. The summed E-state index contributed by atoms with van der Waals surface area (Å²) >= 11 is 11.7. The number of carbonyl (C=O) groups excluding carboxylic acids is 2. The monoisotopic (exact) mass is 378 g/mol. The number of carbonyl (C=O) groups is 2. The van der Waals surface area contributed by atoms with Crippen LogP contribution < -0.4 is 10.2 Å². The van der Waals surface area contributed by atoms with Crippen molar-refractivity contribution in [1.82, 2.24) is 0 Å². The highest BCUT2D eigenvalue weighted by atomic mass is 35.5. The molecule has 130 valence electrons. The van der Waals surface area contributed by atoms with Gasteiger partial charge in [-0.05, 0) is 31.2 Å². The van der Waals surface area contributed by atoms with Gasteiger partial charge in [-0.25, -0.2) is 0 Å². The molecule has 3 rings (SSSR count). The van der Waals surface area contributed by atoms with Gasteiger partial charge in [0.1, 0.15) is 0 Å². The zero-order valence-corrected chi connectivity index (χ0v) is 14.9. The highest BCUT2D eigenvalue weighted by Crippen LogP contribution is 2.35. The molecule has 25 heavy (non-hydrogen) atoms. The van der Waals surface area contributed by atoms with Crippen LogP contribution in [0.4, 0.5) is 11.4 Å². The Morgan fingerprint density at radius 1 is 1.20 bits per heavy atom. The number of rotatable bonds is 3. The molecular formula is C18H16Cl2N2O3. The average Bonchev–Trinajstić information content (AvgIpc) is 2.95. The molecule has 0 spiro atoms. The van der Waals surface area contributed by atoms with E-state index in [1.807, 2.05) is 31.2 Å². The number of hydrogen-bond donors (Lipinski definition) is 2. The summed E-state index contributed by atoms with van der Waals surface area (Å²) in [4.78, 5) is 26.3. The fraction of sp³-hybridized carbons (Fsp3) is 0.222. The largest absolute Gasteiger partial charge is 0.505 e. The van der Waals surface area contributed by atoms with Crippen molar-refractivity contribution >= 4 is 46.4 Å². The Bertz CT molecular complexity index is 814. The molecule has 0 aliphatic carbocycles. The minimum atomic E-state index is -0.472. The summed E-state index contributed by atoms with van der Waals surface area (Å²) in [6.45, 7) is 2.28. The molecule has 2 aromatic carbocycles. The third kappa shape index (κ3) is 3.72. The molecular weight excluding hydrogens is 363 g/mol. The van der Waals surface area contributed by atoms with Gasteiger partial charge in [0.25, 0.3) is 0 Å². The second-order valence-corrected chi connectivity index (χ2v) is 6.83. The van der Waals surface area contributed by atoms with Crippen molar-refractivity contribution in [3.05, 3.63) is 52.0 Å². The Labute approximate surface area is 155 Å². The lowest BCUT2D eigenvalue weighted by Gasteiger charge is -2.17. The minimum absolute atomic E-state index is 0.0478. The van der Waals surface area contributed by atoms with E-state index in [2.05, 4.69) is 5.32 Å². The quantitative estimate of drug-likeness (QED) is 0.792. The second-order valence-electron chi connectivity index (χ2n) is 6.02. The van der Waals surface area contributed by atoms with Crippen LogP contribution in [0.2, 0.25) is 10.0 Å². The van der Waals surface area contributed by atoms with Crippen LogP contribution >= 0.6 is 23.2 Å². The summed E-state index contributed by atoms with van der Waals surface area (Å²) < 4.78 is 0. The number of hydrogen-bond acceptors (Lipinski definition) is 3. The van der Waals surface area contributed by atoms with Crippen molar-refractivity contribution in [3.63, 3.8) is 0 Å². The molecule has 1 aliphatic rings. The first kappa shape index (κ1) is 17.6. The number of amides is 2. The van der Waals surface area contributed by atoms with Crippen molar-refractivity contribution in [3.8, 4) is 5.75 Å². The maximum atomic E-state index is 12.5. The molecule has 0 bridgehead atoms. The highest BCUT2D eigenvalue weighted by molar-refractivity contribution is 6.37. The molecule has 1 heterocycles. The molecule has 1 aliphatic heterocycles. The molecule has 1 saturated heterocycles. The topological polar surface area (TPSA) is 69.6 Å². The van der Waals surface area contributed by atoms with E-state index in [1.165, 1.54) is 12.1 Å². The standard InChI is InChI=1S/C18H16Cl2N2O3/c1-10-2-4-13(5-3-10)22-9-11(6-16(22)23)18(25)21-12-7-14(19)17(24)15(20)8-12/h2-5,7-8,11,24H,6,9H2,1H3,(H,21,25). The van der Waals surface area contributed by atoms with Crippen molar-refractivity contribution in [2.45, 2.75) is 13.3 Å². The van der Waals surface area contributed by atoms with Crippen LogP contribution in [0.3, 0.4) is 0 Å². The molecule has 5 nitrogen and oxygen atoms in total. The number of nitrogens with one attached hydrogen (secondary N) is 1. The van der Waals surface area contributed by atoms with E-state index in [1.54, 1.807) is 4.90 Å². The highest BCUT2D eigenvalue weighted by Gasteiger charge is 2.35. The first-order chi connectivity index (χ1) is 11.8. The van der Waals surface area contributed by atoms with E-state index in [4.69, 9.17) is 23.2 Å². The fourth-order valence-corrected chi connectivity index (χ4v) is 3.23. The van der Waals surface area contributed by atoms with Crippen molar-refractivity contribution in [1.29, 1.82) is 0 Å². The lowest BCUT2D eigenvalue weighted by molar-refractivity contribution is -0.122. The van der Waals surface area contributed by atoms with Crippen LogP contribution in [0.15, 0.2) is 36.4 Å². The first-order valence-corrected chi connectivity index (χ1v) is 8.46. The number of phenolic OH excluding ortho intramolecular Hbond substituents is 1. The molecule has 1 unspecified atom stereocenters. The fourth-order valence-electron chi connectivity index (χ4n) is 2.74. The van der Waals surface area contributed by atoms with Crippen LogP contribution in [0.25, 0.3) is 0 Å². The average molecular weight is 379 g/mol. The molecule has 7 heteroatoms. The Morgan fingerprint density at radius 2 is 1.80 bits per heavy atom. The second kappa shape index (κ2) is 6.94. The van der Waals surface area contributed by atoms with Gasteiger partial charge >= 0.3 is 0 Å². The first-order valence-electron chi connectivity index (χ1n) is 7.71. The SMILES string of the molecule is Cc1ccc(N2CC(C(=O)Nc3cc(Cl)c(O)c(Cl)c3)CC2=O)cc1. The number of aryl methyl sites for hydroxylation is 1. The third-order valence-electron chi connectivity index (χ3n) is 4.13. The van der Waals surface area contributed by atoms with E-state index in [0.717, 1.165) is 11.3 Å². The molecule has 1 fully saturated rings. The van der Waals surface area contributed by atoms with Gasteiger partial charge in [-0.15, -0.1) is 0 Å². The van der Waals surface area contributed by atoms with E-state index in [-0.39, 0.29) is 34.0 Å². The van der Waals surface area contributed by atoms with Gasteiger partial charge in [0.05, 0.1) is 16.0 Å². The van der Waals surface area contributed by atoms with E-state index < -0.39 is 5.92 Å². The zero-order chi connectivity index (χ0) is 18.1. The lowest BCUT2D eigenvalue weighted by Crippen LogP contribution is -2.28. The maximum Gasteiger partial charge on any atom is 0.229 e. The lowest BCUT2D eigenvalue weighted by atomic mass is 10.1. The summed E-state index contributed by atoms with van der Waals surface area (Å²) in [6.07, 6.45) is 0.138. The van der Waals surface area contributed by atoms with Gasteiger partial charge in [0.15, 0.2) is 5.75 Å². The minimum Gasteiger partial charge on any atom is -0.505 e. The number of benzene rings is 2. The Morgan fingerprint density at radius 3 is 2.40 bits per heavy atom. The predicted molar refractivity (Wildman–Crippen MR) is 98.4 cm³/mol. The predicted octanol–water partition coefficient (Wildman–Crippen LogP) is 4.00. The summed E-state index contributed by atoms with van der Waals surface area (Å²) in [6, 6.07) is 10.4. The van der Waals surface area contributed by atoms with Crippen molar-refractivity contribution in [2.75, 3.05) is 16.8 Å². The van der Waals surface area contributed by atoms with E-state index >= 15 is 0 Å². The molecule has 0 radical (unpaired) electrons. The normalized spacial score (nSPS) is 17.0. The van der Waals surface area contributed by atoms with Crippen LogP contribution in [-0.4, -0.2) is 23.5 Å². The molecule has 1 atom stereocenters. The van der Waals surface area contributed by atoms with Crippen LogP contribution in [0.5, 0.6) is 5.75 Å². The van der Waals surface area contributed by atoms with Gasteiger partial charge in [0.2, 0.25) is 11.8 Å². The summed E-state index contributed by atoms with van der Waals surface area (Å²) in [5.41, 5.74) is 2.26. The van der Waals surface area contributed by atoms with Crippen molar-refractivity contribution in [2.24, 2.45) is 5.92 Å². The van der Waals surface area contributed by atoms with Crippen molar-refractivity contribution < 1.29 is 14.7 Å². The summed E-state index contributed by atoms with van der Waals surface area (Å²) in [7, 11) is 0. The van der Waals surface area contributed by atoms with Crippen LogP contribution in [-0.2, 0) is 9.59 Å². The van der Waals surface area contributed by atoms with Gasteiger partial charge in [0, 0.05) is 24.3 Å². The van der Waals surface area contributed by atoms with Gasteiger partial charge in [-0.2, -0.15) is 0 Å². The van der Waals surface area contributed by atoms with Gasteiger partial charge in [-0.1, -0.05) is 40.9 Å². The van der Waals surface area contributed by atoms with E-state index in [0.29, 0.717) is 12.2 Å². The zero-order valence-electron chi connectivity index (χ0n) is 13.4. The van der Waals surface area contributed by atoms with Crippen LogP contribution in [0, 0.1) is 12.8 Å². The molecule has 2 amide bonds.